The molecule has 1 aromatic rings. The van der Waals surface area contributed by atoms with Crippen molar-refractivity contribution in [1.29, 1.82) is 0 Å². The van der Waals surface area contributed by atoms with Gasteiger partial charge in [-0.1, -0.05) is 19.4 Å². The van der Waals surface area contributed by atoms with E-state index >= 15 is 0 Å². The lowest BCUT2D eigenvalue weighted by atomic mass is 10.0. The highest BCUT2D eigenvalue weighted by molar-refractivity contribution is 5.93. The van der Waals surface area contributed by atoms with Gasteiger partial charge >= 0.3 is 6.18 Å². The number of aliphatic imine (C=N–C) groups is 1. The van der Waals surface area contributed by atoms with E-state index in [9.17, 15) is 17.6 Å². The first kappa shape index (κ1) is 16.3. The summed E-state index contributed by atoms with van der Waals surface area (Å²) in [5.74, 6) is -2.92. The largest absolute Gasteiger partial charge is 0.419 e. The molecular formula is C14H16F4N4. The third kappa shape index (κ3) is 3.22. The Bertz CT molecular complexity index is 636. The molecule has 1 unspecified atom stereocenters. The summed E-state index contributed by atoms with van der Waals surface area (Å²) in [6.45, 7) is 1.93. The molecule has 0 saturated carbocycles. The number of nitrogens with two attached hydrogens (primary N) is 2. The first-order valence-electron chi connectivity index (χ1n) is 6.66. The number of allylic oxidation sites excluding steroid dienone is 1. The van der Waals surface area contributed by atoms with E-state index in [-0.39, 0.29) is 11.4 Å². The zero-order valence-electron chi connectivity index (χ0n) is 11.8. The van der Waals surface area contributed by atoms with Crippen LogP contribution in [0.2, 0.25) is 0 Å². The summed E-state index contributed by atoms with van der Waals surface area (Å²) >= 11 is 0. The van der Waals surface area contributed by atoms with E-state index in [0.29, 0.717) is 18.2 Å². The molecule has 120 valence electrons. The number of alkyl halides is 3. The van der Waals surface area contributed by atoms with Crippen molar-refractivity contribution in [1.82, 2.24) is 5.32 Å². The van der Waals surface area contributed by atoms with Gasteiger partial charge in [-0.05, 0) is 24.6 Å². The molecule has 0 spiro atoms. The van der Waals surface area contributed by atoms with E-state index in [2.05, 4.69) is 10.3 Å². The molecule has 22 heavy (non-hydrogen) atoms. The Labute approximate surface area is 124 Å². The molecular weight excluding hydrogens is 300 g/mol. The van der Waals surface area contributed by atoms with Gasteiger partial charge in [0.1, 0.15) is 11.7 Å². The van der Waals surface area contributed by atoms with E-state index in [1.54, 1.807) is 6.08 Å². The number of hydrogen-bond acceptors (Lipinski definition) is 4. The quantitative estimate of drug-likeness (QED) is 0.750. The summed E-state index contributed by atoms with van der Waals surface area (Å²) in [5.41, 5.74) is 11.0. The van der Waals surface area contributed by atoms with Gasteiger partial charge in [-0.25, -0.2) is 9.38 Å². The maximum absolute atomic E-state index is 13.4. The van der Waals surface area contributed by atoms with Crippen LogP contribution in [0.25, 0.3) is 0 Å². The second-order valence-electron chi connectivity index (χ2n) is 5.04. The lowest BCUT2D eigenvalue weighted by Gasteiger charge is -2.33. The van der Waals surface area contributed by atoms with Crippen LogP contribution in [0.3, 0.4) is 0 Å². The highest BCUT2D eigenvalue weighted by Gasteiger charge is 2.37. The zero-order chi connectivity index (χ0) is 16.5. The summed E-state index contributed by atoms with van der Waals surface area (Å²) in [5, 5.41) is 2.86. The van der Waals surface area contributed by atoms with Gasteiger partial charge in [-0.3, -0.25) is 5.73 Å². The molecule has 0 saturated heterocycles. The van der Waals surface area contributed by atoms with E-state index in [0.717, 1.165) is 18.6 Å². The highest BCUT2D eigenvalue weighted by Crippen LogP contribution is 2.34. The molecule has 2 rings (SSSR count). The Kier molecular flexibility index (Phi) is 4.15. The summed E-state index contributed by atoms with van der Waals surface area (Å²) in [7, 11) is 0. The SMILES string of the molecule is CCCC1=CC(N)=NC(N)(c2ccc(F)c(C(F)(F)F)c2)N1. The van der Waals surface area contributed by atoms with Crippen LogP contribution in [-0.4, -0.2) is 5.84 Å². The van der Waals surface area contributed by atoms with Crippen LogP contribution in [0.15, 0.2) is 35.0 Å². The van der Waals surface area contributed by atoms with Crippen molar-refractivity contribution < 1.29 is 17.6 Å². The predicted molar refractivity (Wildman–Crippen MR) is 75.0 cm³/mol. The van der Waals surface area contributed by atoms with Gasteiger partial charge in [-0.2, -0.15) is 13.2 Å². The molecule has 1 heterocycles. The number of halogens is 4. The molecule has 0 amide bonds. The molecule has 4 nitrogen and oxygen atoms in total. The molecule has 0 radical (unpaired) electrons. The average Bonchev–Trinajstić information content (AvgIpc) is 2.36. The summed E-state index contributed by atoms with van der Waals surface area (Å²) < 4.78 is 51.8. The van der Waals surface area contributed by atoms with Gasteiger partial charge in [-0.15, -0.1) is 0 Å². The normalized spacial score (nSPS) is 21.9. The van der Waals surface area contributed by atoms with Crippen LogP contribution in [0.1, 0.15) is 30.9 Å². The molecule has 5 N–H and O–H groups in total. The van der Waals surface area contributed by atoms with Crippen LogP contribution >= 0.6 is 0 Å². The summed E-state index contributed by atoms with van der Waals surface area (Å²) in [6, 6.07) is 2.52. The van der Waals surface area contributed by atoms with Crippen LogP contribution < -0.4 is 16.8 Å². The fourth-order valence-corrected chi connectivity index (χ4v) is 2.24. The molecule has 0 fully saturated rings. The Hall–Kier alpha value is -2.09. The number of nitrogens with zero attached hydrogens (tertiary/aromatic N) is 1. The van der Waals surface area contributed by atoms with Crippen LogP contribution in [0, 0.1) is 5.82 Å². The number of nitrogens with one attached hydrogen (secondary N) is 1. The molecule has 1 aliphatic rings. The molecule has 8 heteroatoms. The van der Waals surface area contributed by atoms with Gasteiger partial charge in [0.15, 0.2) is 0 Å². The van der Waals surface area contributed by atoms with Crippen LogP contribution in [0.4, 0.5) is 17.6 Å². The van der Waals surface area contributed by atoms with Gasteiger partial charge < -0.3 is 11.1 Å². The summed E-state index contributed by atoms with van der Waals surface area (Å²) in [6.07, 6.45) is -1.84. The maximum Gasteiger partial charge on any atom is 0.419 e. The van der Waals surface area contributed by atoms with E-state index < -0.39 is 23.3 Å². The van der Waals surface area contributed by atoms with Crippen molar-refractivity contribution in [3.8, 4) is 0 Å². The fourth-order valence-electron chi connectivity index (χ4n) is 2.24. The van der Waals surface area contributed by atoms with Crippen LogP contribution in [-0.2, 0) is 12.0 Å². The van der Waals surface area contributed by atoms with Crippen molar-refractivity contribution in [2.45, 2.75) is 31.7 Å². The van der Waals surface area contributed by atoms with Crippen molar-refractivity contribution in [2.75, 3.05) is 0 Å². The van der Waals surface area contributed by atoms with E-state index in [1.807, 2.05) is 6.92 Å². The standard InChI is InChI=1S/C14H16F4N4/c1-2-3-9-7-12(19)22-14(20,21-9)8-4-5-11(15)10(6-8)13(16,17)18/h4-7,21H,2-3,20H2,1H3,(H2,19,22). The Balaban J connectivity index is 2.45. The molecule has 1 atom stereocenters. The van der Waals surface area contributed by atoms with Gasteiger partial charge in [0, 0.05) is 11.3 Å². The molecule has 0 bridgehead atoms. The van der Waals surface area contributed by atoms with Crippen molar-refractivity contribution in [3.63, 3.8) is 0 Å². The fraction of sp³-hybridized carbons (Fsp3) is 0.357. The minimum atomic E-state index is -4.82. The molecule has 0 aromatic heterocycles. The topological polar surface area (TPSA) is 76.4 Å². The Morgan fingerprint density at radius 2 is 2.00 bits per heavy atom. The zero-order valence-corrected chi connectivity index (χ0v) is 11.8. The minimum absolute atomic E-state index is 0.0223. The number of amidine groups is 1. The van der Waals surface area contributed by atoms with Crippen molar-refractivity contribution in [3.05, 3.63) is 46.9 Å². The van der Waals surface area contributed by atoms with E-state index in [4.69, 9.17) is 11.5 Å². The third-order valence-electron chi connectivity index (χ3n) is 3.21. The van der Waals surface area contributed by atoms with Crippen molar-refractivity contribution >= 4 is 5.84 Å². The smallest absolute Gasteiger partial charge is 0.384 e. The minimum Gasteiger partial charge on any atom is -0.384 e. The Morgan fingerprint density at radius 1 is 1.32 bits per heavy atom. The van der Waals surface area contributed by atoms with Gasteiger partial charge in [0.05, 0.1) is 5.56 Å². The second kappa shape index (κ2) is 5.60. The number of benzene rings is 1. The average molecular weight is 316 g/mol. The number of hydrogen-bond donors (Lipinski definition) is 3. The van der Waals surface area contributed by atoms with Crippen LogP contribution in [0.5, 0.6) is 0 Å². The lowest BCUT2D eigenvalue weighted by molar-refractivity contribution is -0.140. The van der Waals surface area contributed by atoms with Crippen molar-refractivity contribution in [2.24, 2.45) is 16.5 Å². The third-order valence-corrected chi connectivity index (χ3v) is 3.21. The van der Waals surface area contributed by atoms with E-state index in [1.165, 1.54) is 0 Å². The molecule has 0 aliphatic carbocycles. The first-order valence-corrected chi connectivity index (χ1v) is 6.66. The summed E-state index contributed by atoms with van der Waals surface area (Å²) in [4.78, 5) is 3.96. The Morgan fingerprint density at radius 3 is 2.59 bits per heavy atom. The number of rotatable bonds is 3. The monoisotopic (exact) mass is 316 g/mol. The predicted octanol–water partition coefficient (Wildman–Crippen LogP) is 2.56. The second-order valence-corrected chi connectivity index (χ2v) is 5.04. The lowest BCUT2D eigenvalue weighted by Crippen LogP contribution is -2.51. The maximum atomic E-state index is 13.4. The first-order chi connectivity index (χ1) is 10.2. The van der Waals surface area contributed by atoms with Gasteiger partial charge in [0.2, 0.25) is 5.79 Å². The van der Waals surface area contributed by atoms with Gasteiger partial charge in [0.25, 0.3) is 0 Å². The molecule has 1 aromatic carbocycles. The highest BCUT2D eigenvalue weighted by atomic mass is 19.4. The molecule has 1 aliphatic heterocycles.